The van der Waals surface area contributed by atoms with Crippen LogP contribution in [0.3, 0.4) is 0 Å². The Morgan fingerprint density at radius 2 is 1.96 bits per heavy atom. The normalized spacial score (nSPS) is 19.9. The van der Waals surface area contributed by atoms with Crippen LogP contribution in [0.4, 0.5) is 5.69 Å². The summed E-state index contributed by atoms with van der Waals surface area (Å²) < 4.78 is 0. The van der Waals surface area contributed by atoms with E-state index in [0.717, 1.165) is 38.2 Å². The highest BCUT2D eigenvalue weighted by Gasteiger charge is 2.50. The maximum absolute atomic E-state index is 12.5. The number of carbonyl (C=O) groups excluding carboxylic acids is 1. The molecular formula is C15H23Cl3N4O. The van der Waals surface area contributed by atoms with E-state index in [0.29, 0.717) is 18.2 Å². The van der Waals surface area contributed by atoms with Gasteiger partial charge in [-0.05, 0) is 31.0 Å². The van der Waals surface area contributed by atoms with E-state index < -0.39 is 5.54 Å². The summed E-state index contributed by atoms with van der Waals surface area (Å²) in [4.78, 5) is 16.9. The zero-order chi connectivity index (χ0) is 14.9. The van der Waals surface area contributed by atoms with E-state index in [1.807, 2.05) is 24.3 Å². The van der Waals surface area contributed by atoms with E-state index >= 15 is 0 Å². The molecule has 2 aliphatic heterocycles. The second-order valence-corrected chi connectivity index (χ2v) is 6.17. The third kappa shape index (κ3) is 3.86. The number of carbonyl (C=O) groups is 1. The van der Waals surface area contributed by atoms with Crippen molar-refractivity contribution in [2.45, 2.75) is 18.4 Å². The highest BCUT2D eigenvalue weighted by molar-refractivity contribution is 6.30. The summed E-state index contributed by atoms with van der Waals surface area (Å²) in [5, 5.41) is 3.69. The van der Waals surface area contributed by atoms with Gasteiger partial charge in [0.2, 0.25) is 5.91 Å². The number of halogens is 3. The van der Waals surface area contributed by atoms with E-state index in [9.17, 15) is 4.79 Å². The van der Waals surface area contributed by atoms with Crippen LogP contribution in [0, 0.1) is 0 Å². The number of benzene rings is 1. The third-order valence-electron chi connectivity index (χ3n) is 4.59. The molecule has 8 heteroatoms. The molecule has 2 heterocycles. The van der Waals surface area contributed by atoms with Gasteiger partial charge in [0.1, 0.15) is 5.54 Å². The molecule has 0 aromatic heterocycles. The third-order valence-corrected chi connectivity index (χ3v) is 4.82. The second-order valence-electron chi connectivity index (χ2n) is 5.73. The van der Waals surface area contributed by atoms with Crippen molar-refractivity contribution in [2.24, 2.45) is 5.73 Å². The topological polar surface area (TPSA) is 61.6 Å². The average Bonchev–Trinajstić information content (AvgIpc) is 2.79. The van der Waals surface area contributed by atoms with Crippen molar-refractivity contribution >= 4 is 48.0 Å². The number of piperidine rings is 1. The first-order valence-electron chi connectivity index (χ1n) is 7.40. The average molecular weight is 382 g/mol. The first kappa shape index (κ1) is 20.3. The summed E-state index contributed by atoms with van der Waals surface area (Å²) in [6.07, 6.45) is 1.65. The summed E-state index contributed by atoms with van der Waals surface area (Å²) in [5.41, 5.74) is 6.19. The van der Waals surface area contributed by atoms with Crippen LogP contribution in [0.2, 0.25) is 5.02 Å². The fraction of sp³-hybridized carbons (Fsp3) is 0.533. The van der Waals surface area contributed by atoms with Gasteiger partial charge in [0, 0.05) is 36.9 Å². The molecule has 3 N–H and O–H groups in total. The van der Waals surface area contributed by atoms with Crippen molar-refractivity contribution in [3.8, 4) is 0 Å². The fourth-order valence-corrected chi connectivity index (χ4v) is 3.58. The lowest BCUT2D eigenvalue weighted by Crippen LogP contribution is -2.56. The number of nitrogens with one attached hydrogen (secondary N) is 1. The van der Waals surface area contributed by atoms with Gasteiger partial charge in [-0.1, -0.05) is 17.7 Å². The molecule has 23 heavy (non-hydrogen) atoms. The number of likely N-dealkylation sites (tertiary alicyclic amines) is 1. The molecule has 130 valence electrons. The van der Waals surface area contributed by atoms with Crippen molar-refractivity contribution in [3.05, 3.63) is 29.3 Å². The summed E-state index contributed by atoms with van der Waals surface area (Å²) in [6.45, 7) is 3.92. The van der Waals surface area contributed by atoms with Gasteiger partial charge in [-0.3, -0.25) is 4.79 Å². The molecule has 5 nitrogen and oxygen atoms in total. The summed E-state index contributed by atoms with van der Waals surface area (Å²) >= 11 is 6.10. The van der Waals surface area contributed by atoms with E-state index in [1.165, 1.54) is 0 Å². The standard InChI is InChI=1S/C15H21ClN4O.2ClH/c16-12-2-1-3-13(10-12)20-11-18-14(21)15(20)4-7-19(8-5-15)9-6-17;;/h1-3,10H,4-9,11,17H2,(H,18,21);2*1H. The molecule has 2 fully saturated rings. The van der Waals surface area contributed by atoms with Crippen molar-refractivity contribution in [1.29, 1.82) is 0 Å². The largest absolute Gasteiger partial charge is 0.339 e. The van der Waals surface area contributed by atoms with Crippen LogP contribution in [0.5, 0.6) is 0 Å². The maximum atomic E-state index is 12.5. The van der Waals surface area contributed by atoms with Crippen molar-refractivity contribution in [1.82, 2.24) is 10.2 Å². The van der Waals surface area contributed by atoms with Crippen LogP contribution in [-0.4, -0.2) is 49.2 Å². The van der Waals surface area contributed by atoms with Gasteiger partial charge >= 0.3 is 0 Å². The quantitative estimate of drug-likeness (QED) is 0.839. The van der Waals surface area contributed by atoms with Gasteiger partial charge in [-0.25, -0.2) is 0 Å². The monoisotopic (exact) mass is 380 g/mol. The number of nitrogens with zero attached hydrogens (tertiary/aromatic N) is 2. The minimum atomic E-state index is -0.435. The van der Waals surface area contributed by atoms with Gasteiger partial charge in [-0.15, -0.1) is 24.8 Å². The molecule has 3 rings (SSSR count). The van der Waals surface area contributed by atoms with Crippen LogP contribution in [-0.2, 0) is 4.79 Å². The van der Waals surface area contributed by atoms with Gasteiger partial charge in [0.05, 0.1) is 6.67 Å². The highest BCUT2D eigenvalue weighted by Crippen LogP contribution is 2.36. The van der Waals surface area contributed by atoms with Crippen LogP contribution < -0.4 is 16.0 Å². The van der Waals surface area contributed by atoms with Gasteiger partial charge in [0.25, 0.3) is 0 Å². The van der Waals surface area contributed by atoms with Gasteiger partial charge < -0.3 is 20.9 Å². The first-order valence-corrected chi connectivity index (χ1v) is 7.77. The first-order chi connectivity index (χ1) is 10.2. The number of anilines is 1. The van der Waals surface area contributed by atoms with Crippen molar-refractivity contribution in [3.63, 3.8) is 0 Å². The smallest absolute Gasteiger partial charge is 0.247 e. The predicted molar refractivity (Wildman–Crippen MR) is 98.9 cm³/mol. The number of nitrogens with two attached hydrogens (primary N) is 1. The predicted octanol–water partition coefficient (Wildman–Crippen LogP) is 1.87. The van der Waals surface area contributed by atoms with Crippen molar-refractivity contribution < 1.29 is 4.79 Å². The Labute approximate surface area is 154 Å². The molecule has 0 radical (unpaired) electrons. The van der Waals surface area contributed by atoms with Gasteiger partial charge in [-0.2, -0.15) is 0 Å². The molecule has 0 unspecified atom stereocenters. The zero-order valence-corrected chi connectivity index (χ0v) is 15.2. The molecule has 1 aromatic rings. The van der Waals surface area contributed by atoms with Gasteiger partial charge in [0.15, 0.2) is 0 Å². The Morgan fingerprint density at radius 3 is 2.57 bits per heavy atom. The molecule has 1 aromatic carbocycles. The fourth-order valence-electron chi connectivity index (χ4n) is 3.40. The maximum Gasteiger partial charge on any atom is 0.247 e. The van der Waals surface area contributed by atoms with Crippen LogP contribution in [0.15, 0.2) is 24.3 Å². The summed E-state index contributed by atoms with van der Waals surface area (Å²) in [6, 6.07) is 7.72. The van der Waals surface area contributed by atoms with Crippen molar-refractivity contribution in [2.75, 3.05) is 37.7 Å². The minimum Gasteiger partial charge on any atom is -0.339 e. The zero-order valence-electron chi connectivity index (χ0n) is 12.8. The number of hydrogen-bond donors (Lipinski definition) is 2. The Morgan fingerprint density at radius 1 is 1.26 bits per heavy atom. The molecule has 0 saturated carbocycles. The summed E-state index contributed by atoms with van der Waals surface area (Å²) in [5.74, 6) is 0.134. The lowest BCUT2D eigenvalue weighted by atomic mass is 9.85. The SMILES string of the molecule is Cl.Cl.NCCN1CCC2(CC1)C(=O)NCN2c1cccc(Cl)c1. The Bertz CT molecular complexity index is 535. The van der Waals surface area contributed by atoms with Crippen LogP contribution in [0.25, 0.3) is 0 Å². The highest BCUT2D eigenvalue weighted by atomic mass is 35.5. The molecule has 1 spiro atoms. The molecule has 0 bridgehead atoms. The van der Waals surface area contributed by atoms with Crippen LogP contribution in [0.1, 0.15) is 12.8 Å². The lowest BCUT2D eigenvalue weighted by Gasteiger charge is -2.43. The Hall–Kier alpha value is -0.720. The van der Waals surface area contributed by atoms with E-state index in [-0.39, 0.29) is 30.7 Å². The molecule has 1 amide bonds. The van der Waals surface area contributed by atoms with Crippen LogP contribution >= 0.6 is 36.4 Å². The second kappa shape index (κ2) is 8.40. The molecule has 0 aliphatic carbocycles. The Kier molecular flexibility index (Phi) is 7.42. The molecular weight excluding hydrogens is 359 g/mol. The molecule has 2 saturated heterocycles. The molecule has 0 atom stereocenters. The summed E-state index contributed by atoms with van der Waals surface area (Å²) in [7, 11) is 0. The number of hydrogen-bond acceptors (Lipinski definition) is 4. The molecule has 2 aliphatic rings. The lowest BCUT2D eigenvalue weighted by molar-refractivity contribution is -0.125. The van der Waals surface area contributed by atoms with E-state index in [1.54, 1.807) is 0 Å². The van der Waals surface area contributed by atoms with E-state index in [4.69, 9.17) is 17.3 Å². The number of amides is 1. The number of rotatable bonds is 3. The Balaban J connectivity index is 0.00000132. The minimum absolute atomic E-state index is 0. The van der Waals surface area contributed by atoms with E-state index in [2.05, 4.69) is 15.1 Å².